The summed E-state index contributed by atoms with van der Waals surface area (Å²) in [5, 5.41) is 2.77. The largest absolute Gasteiger partial charge is 0.454 e. The molecule has 124 valence electrons. The molecule has 24 heavy (non-hydrogen) atoms. The number of hydrogen-bond acceptors (Lipinski definition) is 6. The van der Waals surface area contributed by atoms with Crippen LogP contribution in [0, 0.1) is 0 Å². The van der Waals surface area contributed by atoms with Crippen molar-refractivity contribution < 1.29 is 23.8 Å². The van der Waals surface area contributed by atoms with Crippen molar-refractivity contribution in [3.8, 4) is 11.5 Å². The Morgan fingerprint density at radius 3 is 2.92 bits per heavy atom. The molecule has 0 bridgehead atoms. The first-order chi connectivity index (χ1) is 11.6. The quantitative estimate of drug-likeness (QED) is 0.843. The molecule has 0 radical (unpaired) electrons. The van der Waals surface area contributed by atoms with Crippen molar-refractivity contribution in [2.45, 2.75) is 13.0 Å². The summed E-state index contributed by atoms with van der Waals surface area (Å²) in [7, 11) is 0. The van der Waals surface area contributed by atoms with Crippen molar-refractivity contribution in [2.24, 2.45) is 0 Å². The molecule has 7 heteroatoms. The molecule has 0 saturated heterocycles. The van der Waals surface area contributed by atoms with Gasteiger partial charge in [0.1, 0.15) is 0 Å². The first-order valence-corrected chi connectivity index (χ1v) is 7.39. The van der Waals surface area contributed by atoms with E-state index in [1.54, 1.807) is 24.4 Å². The number of nitrogens with one attached hydrogen (secondary N) is 1. The molecule has 2 aromatic rings. The fourth-order valence-electron chi connectivity index (χ4n) is 2.25. The van der Waals surface area contributed by atoms with Gasteiger partial charge in [-0.25, -0.2) is 4.79 Å². The van der Waals surface area contributed by atoms with Crippen molar-refractivity contribution in [3.05, 3.63) is 53.9 Å². The second-order valence-electron chi connectivity index (χ2n) is 5.22. The lowest BCUT2D eigenvalue weighted by Gasteiger charge is -2.15. The lowest BCUT2D eigenvalue weighted by molar-refractivity contribution is -0.124. The molecule has 1 amide bonds. The minimum atomic E-state index is -0.589. The molecule has 0 aliphatic carbocycles. The Morgan fingerprint density at radius 2 is 2.12 bits per heavy atom. The molecule has 1 atom stereocenters. The van der Waals surface area contributed by atoms with Gasteiger partial charge in [-0.1, -0.05) is 6.07 Å². The van der Waals surface area contributed by atoms with Gasteiger partial charge < -0.3 is 19.5 Å². The summed E-state index contributed by atoms with van der Waals surface area (Å²) in [5.41, 5.74) is 1.17. The minimum absolute atomic E-state index is 0.198. The molecule has 1 aliphatic rings. The highest BCUT2D eigenvalue weighted by atomic mass is 16.7. The highest BCUT2D eigenvalue weighted by Crippen LogP contribution is 2.34. The molecule has 0 unspecified atom stereocenters. The van der Waals surface area contributed by atoms with Gasteiger partial charge in [0.25, 0.3) is 5.91 Å². The maximum absolute atomic E-state index is 11.9. The maximum atomic E-state index is 11.9. The molecular formula is C17H16N2O5. The highest BCUT2D eigenvalue weighted by Gasteiger charge is 2.17. The number of amides is 1. The van der Waals surface area contributed by atoms with Crippen LogP contribution in [0.3, 0.4) is 0 Å². The van der Waals surface area contributed by atoms with Gasteiger partial charge in [-0.3, -0.25) is 9.78 Å². The van der Waals surface area contributed by atoms with E-state index in [9.17, 15) is 9.59 Å². The Bertz CT molecular complexity index is 748. The number of esters is 1. The molecule has 0 fully saturated rings. The summed E-state index contributed by atoms with van der Waals surface area (Å²) in [4.78, 5) is 27.5. The molecule has 7 nitrogen and oxygen atoms in total. The topological polar surface area (TPSA) is 86.8 Å². The van der Waals surface area contributed by atoms with Gasteiger partial charge in [-0.05, 0) is 36.8 Å². The number of aromatic nitrogens is 1. The number of fused-ring (bicyclic) bond motifs is 1. The van der Waals surface area contributed by atoms with Crippen LogP contribution in [0.4, 0.5) is 0 Å². The van der Waals surface area contributed by atoms with E-state index < -0.39 is 11.9 Å². The van der Waals surface area contributed by atoms with Crippen LogP contribution >= 0.6 is 0 Å². The van der Waals surface area contributed by atoms with Gasteiger partial charge in [0.15, 0.2) is 18.1 Å². The average Bonchev–Trinajstić information content (AvgIpc) is 3.08. The Hall–Kier alpha value is -3.09. The maximum Gasteiger partial charge on any atom is 0.340 e. The van der Waals surface area contributed by atoms with Crippen molar-refractivity contribution in [1.29, 1.82) is 0 Å². The van der Waals surface area contributed by atoms with Crippen LogP contribution in [0.5, 0.6) is 11.5 Å². The predicted molar refractivity (Wildman–Crippen MR) is 83.6 cm³/mol. The summed E-state index contributed by atoms with van der Waals surface area (Å²) < 4.78 is 15.5. The number of carbonyl (C=O) groups is 2. The SMILES string of the molecule is C[C@@H](NC(=O)COC(=O)c1cccnc1)c1ccc2c(c1)OCO2. The van der Waals surface area contributed by atoms with Crippen LogP contribution in [0.25, 0.3) is 0 Å². The molecule has 0 saturated carbocycles. The zero-order valence-corrected chi connectivity index (χ0v) is 13.0. The van der Waals surface area contributed by atoms with Crippen LogP contribution in [0.15, 0.2) is 42.7 Å². The van der Waals surface area contributed by atoms with Gasteiger partial charge in [-0.15, -0.1) is 0 Å². The van der Waals surface area contributed by atoms with Crippen LogP contribution in [-0.2, 0) is 9.53 Å². The fraction of sp³-hybridized carbons (Fsp3) is 0.235. The summed E-state index contributed by atoms with van der Waals surface area (Å²) in [5.74, 6) is 0.352. The van der Waals surface area contributed by atoms with Gasteiger partial charge >= 0.3 is 5.97 Å². The van der Waals surface area contributed by atoms with Gasteiger partial charge in [0.2, 0.25) is 6.79 Å². The summed E-state index contributed by atoms with van der Waals surface area (Å²) >= 11 is 0. The van der Waals surface area contributed by atoms with E-state index in [0.29, 0.717) is 17.1 Å². The van der Waals surface area contributed by atoms with Crippen LogP contribution in [-0.4, -0.2) is 30.3 Å². The Labute approximate surface area is 138 Å². The third kappa shape index (κ3) is 3.62. The van der Waals surface area contributed by atoms with Crippen molar-refractivity contribution in [2.75, 3.05) is 13.4 Å². The summed E-state index contributed by atoms with van der Waals surface area (Å²) in [6, 6.07) is 8.39. The van der Waals surface area contributed by atoms with Crippen LogP contribution in [0.2, 0.25) is 0 Å². The van der Waals surface area contributed by atoms with E-state index in [1.807, 2.05) is 19.1 Å². The van der Waals surface area contributed by atoms with Crippen LogP contribution < -0.4 is 14.8 Å². The molecule has 1 aromatic carbocycles. The molecule has 1 N–H and O–H groups in total. The van der Waals surface area contributed by atoms with E-state index >= 15 is 0 Å². The number of ether oxygens (including phenoxy) is 3. The third-order valence-electron chi connectivity index (χ3n) is 3.51. The van der Waals surface area contributed by atoms with Gasteiger partial charge in [0.05, 0.1) is 11.6 Å². The third-order valence-corrected chi connectivity index (χ3v) is 3.51. The molecule has 2 heterocycles. The number of benzene rings is 1. The summed E-state index contributed by atoms with van der Waals surface area (Å²) in [6.07, 6.45) is 2.94. The monoisotopic (exact) mass is 328 g/mol. The lowest BCUT2D eigenvalue weighted by atomic mass is 10.1. The van der Waals surface area contributed by atoms with E-state index in [0.717, 1.165) is 5.56 Å². The van der Waals surface area contributed by atoms with Crippen molar-refractivity contribution in [3.63, 3.8) is 0 Å². The predicted octanol–water partition coefficient (Wildman–Crippen LogP) is 1.84. The number of hydrogen-bond donors (Lipinski definition) is 1. The van der Waals surface area contributed by atoms with E-state index in [-0.39, 0.29) is 19.4 Å². The van der Waals surface area contributed by atoms with E-state index in [2.05, 4.69) is 10.3 Å². The zero-order valence-electron chi connectivity index (χ0n) is 13.0. The lowest BCUT2D eigenvalue weighted by Crippen LogP contribution is -2.31. The standard InChI is InChI=1S/C17H16N2O5/c1-11(12-4-5-14-15(7-12)24-10-23-14)19-16(20)9-22-17(21)13-3-2-6-18-8-13/h2-8,11H,9-10H2,1H3,(H,19,20)/t11-/m1/s1. The van der Waals surface area contributed by atoms with E-state index in [1.165, 1.54) is 6.20 Å². The molecular weight excluding hydrogens is 312 g/mol. The van der Waals surface area contributed by atoms with Crippen molar-refractivity contribution >= 4 is 11.9 Å². The molecule has 3 rings (SSSR count). The van der Waals surface area contributed by atoms with Crippen LogP contribution in [0.1, 0.15) is 28.9 Å². The smallest absolute Gasteiger partial charge is 0.340 e. The second kappa shape index (κ2) is 6.99. The van der Waals surface area contributed by atoms with Crippen molar-refractivity contribution in [1.82, 2.24) is 10.3 Å². The first-order valence-electron chi connectivity index (χ1n) is 7.39. The van der Waals surface area contributed by atoms with Gasteiger partial charge in [0, 0.05) is 12.4 Å². The highest BCUT2D eigenvalue weighted by molar-refractivity contribution is 5.90. The number of pyridine rings is 1. The molecule has 1 aromatic heterocycles. The van der Waals surface area contributed by atoms with Gasteiger partial charge in [-0.2, -0.15) is 0 Å². The Balaban J connectivity index is 1.52. The minimum Gasteiger partial charge on any atom is -0.454 e. The average molecular weight is 328 g/mol. The number of rotatable bonds is 5. The normalized spacial score (nSPS) is 13.2. The zero-order chi connectivity index (χ0) is 16.9. The fourth-order valence-corrected chi connectivity index (χ4v) is 2.25. The molecule has 0 spiro atoms. The number of carbonyl (C=O) groups excluding carboxylic acids is 2. The Kier molecular flexibility index (Phi) is 4.60. The first kappa shape index (κ1) is 15.8. The number of nitrogens with zero attached hydrogens (tertiary/aromatic N) is 1. The second-order valence-corrected chi connectivity index (χ2v) is 5.22. The molecule has 1 aliphatic heterocycles. The summed E-state index contributed by atoms with van der Waals surface area (Å²) in [6.45, 7) is 1.67. The Morgan fingerprint density at radius 1 is 1.29 bits per heavy atom. The van der Waals surface area contributed by atoms with E-state index in [4.69, 9.17) is 14.2 Å².